The van der Waals surface area contributed by atoms with Gasteiger partial charge in [-0.25, -0.2) is 4.39 Å². The molecule has 1 fully saturated rings. The smallest absolute Gasteiger partial charge is 0.228 e. The molecule has 0 atom stereocenters. The zero-order chi connectivity index (χ0) is 15.4. The van der Waals surface area contributed by atoms with E-state index in [1.54, 1.807) is 24.3 Å². The highest BCUT2D eigenvalue weighted by Gasteiger charge is 2.29. The van der Waals surface area contributed by atoms with Crippen LogP contribution >= 0.6 is 0 Å². The minimum atomic E-state index is -0.230. The number of amides is 1. The molecule has 2 aromatic rings. The average molecular weight is 300 g/mol. The lowest BCUT2D eigenvalue weighted by Crippen LogP contribution is -2.15. The molecule has 0 bridgehead atoms. The molecule has 0 aliphatic heterocycles. The molecule has 0 radical (unpaired) electrons. The summed E-state index contributed by atoms with van der Waals surface area (Å²) in [6.07, 6.45) is 2.69. The first-order valence-electron chi connectivity index (χ1n) is 7.33. The summed E-state index contributed by atoms with van der Waals surface area (Å²) in [7, 11) is 0. The van der Waals surface area contributed by atoms with E-state index < -0.39 is 0 Å². The molecular formula is C16H17FN4O. The van der Waals surface area contributed by atoms with Gasteiger partial charge in [0.15, 0.2) is 5.82 Å². The van der Waals surface area contributed by atoms with Gasteiger partial charge in [0.05, 0.1) is 0 Å². The van der Waals surface area contributed by atoms with Gasteiger partial charge in [-0.2, -0.15) is 0 Å². The molecule has 114 valence electrons. The monoisotopic (exact) mass is 300 g/mol. The van der Waals surface area contributed by atoms with E-state index in [-0.39, 0.29) is 17.6 Å². The summed E-state index contributed by atoms with van der Waals surface area (Å²) in [5, 5.41) is 13.9. The van der Waals surface area contributed by atoms with Gasteiger partial charge in [-0.05, 0) is 49.1 Å². The standard InChI is InChI=1S/C16H17FN4O/c17-13-5-1-11(2-6-13)9-10-18-14-7-8-15(21-20-14)19-16(22)12-3-4-12/h1-2,5-8,12H,3-4,9-10H2,(H,18,20)(H,19,21,22). The van der Waals surface area contributed by atoms with E-state index in [0.29, 0.717) is 18.2 Å². The van der Waals surface area contributed by atoms with Gasteiger partial charge in [-0.1, -0.05) is 12.1 Å². The number of halogens is 1. The summed E-state index contributed by atoms with van der Waals surface area (Å²) in [5.74, 6) is 1.06. The van der Waals surface area contributed by atoms with Gasteiger partial charge in [0, 0.05) is 12.5 Å². The van der Waals surface area contributed by atoms with Gasteiger partial charge in [0.2, 0.25) is 5.91 Å². The Bertz CT molecular complexity index is 638. The average Bonchev–Trinajstić information content (AvgIpc) is 3.36. The van der Waals surface area contributed by atoms with Crippen molar-refractivity contribution in [2.24, 2.45) is 5.92 Å². The Balaban J connectivity index is 1.46. The number of benzene rings is 1. The maximum absolute atomic E-state index is 12.8. The highest BCUT2D eigenvalue weighted by atomic mass is 19.1. The van der Waals surface area contributed by atoms with Crippen LogP contribution in [0.1, 0.15) is 18.4 Å². The molecule has 1 aliphatic carbocycles. The van der Waals surface area contributed by atoms with Gasteiger partial charge in [0.25, 0.3) is 0 Å². The van der Waals surface area contributed by atoms with Crippen LogP contribution in [-0.4, -0.2) is 22.6 Å². The number of carbonyl (C=O) groups is 1. The normalized spacial score (nSPS) is 13.7. The fourth-order valence-corrected chi connectivity index (χ4v) is 2.05. The maximum atomic E-state index is 12.8. The zero-order valence-electron chi connectivity index (χ0n) is 12.1. The molecule has 0 spiro atoms. The second-order valence-electron chi connectivity index (χ2n) is 5.37. The first-order chi connectivity index (χ1) is 10.7. The fourth-order valence-electron chi connectivity index (χ4n) is 2.05. The molecule has 22 heavy (non-hydrogen) atoms. The molecule has 0 unspecified atom stereocenters. The van der Waals surface area contributed by atoms with Crippen molar-refractivity contribution in [3.05, 3.63) is 47.8 Å². The number of hydrogen-bond donors (Lipinski definition) is 2. The van der Waals surface area contributed by atoms with Crippen molar-refractivity contribution in [2.75, 3.05) is 17.2 Å². The number of carbonyl (C=O) groups excluding carboxylic acids is 1. The number of nitrogens with one attached hydrogen (secondary N) is 2. The van der Waals surface area contributed by atoms with Crippen molar-refractivity contribution in [2.45, 2.75) is 19.3 Å². The van der Waals surface area contributed by atoms with Crippen molar-refractivity contribution in [1.29, 1.82) is 0 Å². The summed E-state index contributed by atoms with van der Waals surface area (Å²) in [4.78, 5) is 11.6. The Morgan fingerprint density at radius 1 is 1.09 bits per heavy atom. The van der Waals surface area contributed by atoms with Gasteiger partial charge in [-0.15, -0.1) is 10.2 Å². The van der Waals surface area contributed by atoms with Crippen molar-refractivity contribution >= 4 is 17.5 Å². The van der Waals surface area contributed by atoms with Crippen LogP contribution in [-0.2, 0) is 11.2 Å². The van der Waals surface area contributed by atoms with Gasteiger partial charge >= 0.3 is 0 Å². The number of anilines is 2. The third-order valence-corrected chi connectivity index (χ3v) is 3.50. The molecule has 5 nitrogen and oxygen atoms in total. The molecule has 0 saturated heterocycles. The SMILES string of the molecule is O=C(Nc1ccc(NCCc2ccc(F)cc2)nn1)C1CC1. The van der Waals surface area contributed by atoms with Crippen molar-refractivity contribution in [3.8, 4) is 0 Å². The first-order valence-corrected chi connectivity index (χ1v) is 7.33. The first kappa shape index (κ1) is 14.4. The molecule has 1 aliphatic rings. The molecule has 1 heterocycles. The largest absolute Gasteiger partial charge is 0.368 e. The summed E-state index contributed by atoms with van der Waals surface area (Å²) in [5.41, 5.74) is 1.05. The quantitative estimate of drug-likeness (QED) is 0.860. The number of nitrogens with zero attached hydrogens (tertiary/aromatic N) is 2. The van der Waals surface area contributed by atoms with E-state index in [2.05, 4.69) is 20.8 Å². The topological polar surface area (TPSA) is 66.9 Å². The third kappa shape index (κ3) is 4.00. The molecule has 1 saturated carbocycles. The lowest BCUT2D eigenvalue weighted by Gasteiger charge is -2.06. The van der Waals surface area contributed by atoms with Crippen LogP contribution in [0.15, 0.2) is 36.4 Å². The second kappa shape index (κ2) is 6.51. The number of rotatable bonds is 6. The number of hydrogen-bond acceptors (Lipinski definition) is 4. The van der Waals surface area contributed by atoms with Crippen LogP contribution in [0.2, 0.25) is 0 Å². The molecule has 6 heteroatoms. The highest BCUT2D eigenvalue weighted by Crippen LogP contribution is 2.29. The van der Waals surface area contributed by atoms with Crippen molar-refractivity contribution < 1.29 is 9.18 Å². The predicted octanol–water partition coefficient (Wildman–Crippen LogP) is 2.62. The van der Waals surface area contributed by atoms with E-state index in [0.717, 1.165) is 24.8 Å². The van der Waals surface area contributed by atoms with Crippen LogP contribution < -0.4 is 10.6 Å². The summed E-state index contributed by atoms with van der Waals surface area (Å²) in [6, 6.07) is 9.94. The summed E-state index contributed by atoms with van der Waals surface area (Å²) >= 11 is 0. The van der Waals surface area contributed by atoms with E-state index in [1.807, 2.05) is 0 Å². The van der Waals surface area contributed by atoms with Crippen LogP contribution in [0.5, 0.6) is 0 Å². The summed E-state index contributed by atoms with van der Waals surface area (Å²) in [6.45, 7) is 0.675. The van der Waals surface area contributed by atoms with Gasteiger partial charge < -0.3 is 10.6 Å². The van der Waals surface area contributed by atoms with E-state index >= 15 is 0 Å². The molecule has 2 N–H and O–H groups in total. The Kier molecular flexibility index (Phi) is 4.27. The van der Waals surface area contributed by atoms with E-state index in [1.165, 1.54) is 12.1 Å². The van der Waals surface area contributed by atoms with E-state index in [9.17, 15) is 9.18 Å². The Labute approximate surface area is 128 Å². The lowest BCUT2D eigenvalue weighted by molar-refractivity contribution is -0.117. The van der Waals surface area contributed by atoms with Gasteiger partial charge in [0.1, 0.15) is 11.6 Å². The fraction of sp³-hybridized carbons (Fsp3) is 0.312. The minimum absolute atomic E-state index is 0.0197. The van der Waals surface area contributed by atoms with E-state index in [4.69, 9.17) is 0 Å². The molecule has 1 aromatic carbocycles. The number of aromatic nitrogens is 2. The Morgan fingerprint density at radius 3 is 2.41 bits per heavy atom. The van der Waals surface area contributed by atoms with Crippen LogP contribution in [0.25, 0.3) is 0 Å². The molecular weight excluding hydrogens is 283 g/mol. The second-order valence-corrected chi connectivity index (χ2v) is 5.37. The van der Waals surface area contributed by atoms with Crippen LogP contribution in [0, 0.1) is 11.7 Å². The predicted molar refractivity (Wildman–Crippen MR) is 82.0 cm³/mol. The lowest BCUT2D eigenvalue weighted by atomic mass is 10.1. The maximum Gasteiger partial charge on any atom is 0.228 e. The van der Waals surface area contributed by atoms with Crippen molar-refractivity contribution in [1.82, 2.24) is 10.2 Å². The summed E-state index contributed by atoms with van der Waals surface area (Å²) < 4.78 is 12.8. The van der Waals surface area contributed by atoms with Crippen molar-refractivity contribution in [3.63, 3.8) is 0 Å². The Hall–Kier alpha value is -2.50. The van der Waals surface area contributed by atoms with Gasteiger partial charge in [-0.3, -0.25) is 4.79 Å². The molecule has 1 aromatic heterocycles. The highest BCUT2D eigenvalue weighted by molar-refractivity contribution is 5.93. The third-order valence-electron chi connectivity index (χ3n) is 3.50. The Morgan fingerprint density at radius 2 is 1.77 bits per heavy atom. The molecule has 1 amide bonds. The zero-order valence-corrected chi connectivity index (χ0v) is 12.1. The van der Waals surface area contributed by atoms with Crippen LogP contribution in [0.3, 0.4) is 0 Å². The molecule has 3 rings (SSSR count). The minimum Gasteiger partial charge on any atom is -0.368 e. The van der Waals surface area contributed by atoms with Crippen LogP contribution in [0.4, 0.5) is 16.0 Å².